The van der Waals surface area contributed by atoms with Gasteiger partial charge in [0, 0.05) is 18.0 Å². The summed E-state index contributed by atoms with van der Waals surface area (Å²) in [5.74, 6) is -0.258. The van der Waals surface area contributed by atoms with E-state index in [1.807, 2.05) is 6.92 Å². The lowest BCUT2D eigenvalue weighted by atomic mass is 10.1. The smallest absolute Gasteiger partial charge is 0.251 e. The monoisotopic (exact) mass is 236 g/mol. The number of nitrogens with zero attached hydrogens (tertiary/aromatic N) is 2. The van der Waals surface area contributed by atoms with Crippen LogP contribution in [0.5, 0.6) is 0 Å². The highest BCUT2D eigenvalue weighted by molar-refractivity contribution is 5.98. The number of oxime groups is 1. The second kappa shape index (κ2) is 6.47. The summed E-state index contributed by atoms with van der Waals surface area (Å²) < 4.78 is 0. The highest BCUT2D eigenvalue weighted by Crippen LogP contribution is 2.01. The van der Waals surface area contributed by atoms with E-state index in [9.17, 15) is 4.79 Å². The highest BCUT2D eigenvalue weighted by atomic mass is 16.4. The fraction of sp³-hybridized carbons (Fsp3) is 0.364. The van der Waals surface area contributed by atoms with Gasteiger partial charge in [-0.05, 0) is 18.6 Å². The van der Waals surface area contributed by atoms with Crippen LogP contribution in [-0.2, 0) is 0 Å². The summed E-state index contributed by atoms with van der Waals surface area (Å²) in [5, 5.41) is 14.2. The van der Waals surface area contributed by atoms with Crippen molar-refractivity contribution in [1.29, 1.82) is 0 Å². The van der Waals surface area contributed by atoms with Gasteiger partial charge in [0.15, 0.2) is 5.84 Å². The summed E-state index contributed by atoms with van der Waals surface area (Å²) in [6.45, 7) is 1.95. The number of aromatic nitrogens is 1. The molecule has 0 fully saturated rings. The van der Waals surface area contributed by atoms with E-state index in [2.05, 4.69) is 15.5 Å². The van der Waals surface area contributed by atoms with Gasteiger partial charge in [-0.1, -0.05) is 18.5 Å². The van der Waals surface area contributed by atoms with Gasteiger partial charge in [-0.15, -0.1) is 0 Å². The topological polar surface area (TPSA) is 101 Å². The van der Waals surface area contributed by atoms with Crippen molar-refractivity contribution in [1.82, 2.24) is 10.3 Å². The maximum Gasteiger partial charge on any atom is 0.251 e. The molecule has 1 aromatic heterocycles. The number of pyridine rings is 1. The molecular weight excluding hydrogens is 220 g/mol. The molecule has 0 saturated carbocycles. The lowest BCUT2D eigenvalue weighted by Crippen LogP contribution is -2.44. The quantitative estimate of drug-likeness (QED) is 0.303. The third kappa shape index (κ3) is 3.75. The molecule has 92 valence electrons. The van der Waals surface area contributed by atoms with Crippen molar-refractivity contribution < 1.29 is 10.0 Å². The van der Waals surface area contributed by atoms with Gasteiger partial charge in [0.1, 0.15) is 0 Å². The molecule has 1 heterocycles. The standard InChI is InChI=1S/C11H16N4O2/c1-2-3-9(10(12)15-17)14-11(16)8-4-6-13-7-5-8/h4-7,9,17H,2-3H2,1H3,(H2,12,15)(H,14,16). The molecule has 1 rings (SSSR count). The van der Waals surface area contributed by atoms with E-state index in [0.717, 1.165) is 6.42 Å². The molecule has 0 radical (unpaired) electrons. The third-order valence-electron chi connectivity index (χ3n) is 2.30. The van der Waals surface area contributed by atoms with Crippen LogP contribution < -0.4 is 11.1 Å². The van der Waals surface area contributed by atoms with Gasteiger partial charge in [0.2, 0.25) is 0 Å². The van der Waals surface area contributed by atoms with Crippen molar-refractivity contribution in [2.75, 3.05) is 0 Å². The zero-order valence-corrected chi connectivity index (χ0v) is 9.63. The van der Waals surface area contributed by atoms with E-state index >= 15 is 0 Å². The van der Waals surface area contributed by atoms with Crippen LogP contribution in [0.2, 0.25) is 0 Å². The van der Waals surface area contributed by atoms with Crippen LogP contribution in [-0.4, -0.2) is 28.0 Å². The van der Waals surface area contributed by atoms with E-state index in [4.69, 9.17) is 10.9 Å². The number of hydrogen-bond acceptors (Lipinski definition) is 4. The van der Waals surface area contributed by atoms with E-state index in [1.165, 1.54) is 12.4 Å². The molecule has 1 atom stereocenters. The molecule has 0 aliphatic rings. The average Bonchev–Trinajstić information content (AvgIpc) is 2.38. The Hall–Kier alpha value is -2.11. The Morgan fingerprint density at radius 1 is 1.59 bits per heavy atom. The maximum atomic E-state index is 11.8. The van der Waals surface area contributed by atoms with Gasteiger partial charge >= 0.3 is 0 Å². The van der Waals surface area contributed by atoms with Gasteiger partial charge in [-0.3, -0.25) is 9.78 Å². The van der Waals surface area contributed by atoms with Crippen LogP contribution in [0, 0.1) is 0 Å². The molecule has 0 bridgehead atoms. The molecule has 1 aromatic rings. The largest absolute Gasteiger partial charge is 0.409 e. The van der Waals surface area contributed by atoms with Crippen LogP contribution in [0.25, 0.3) is 0 Å². The number of hydrogen-bond donors (Lipinski definition) is 3. The number of nitrogens with two attached hydrogens (primary N) is 1. The van der Waals surface area contributed by atoms with Crippen molar-refractivity contribution >= 4 is 11.7 Å². The first kappa shape index (κ1) is 13.0. The van der Waals surface area contributed by atoms with Gasteiger partial charge in [-0.2, -0.15) is 0 Å². The molecule has 4 N–H and O–H groups in total. The van der Waals surface area contributed by atoms with Crippen LogP contribution in [0.1, 0.15) is 30.1 Å². The number of carbonyl (C=O) groups excluding carboxylic acids is 1. The summed E-state index contributed by atoms with van der Waals surface area (Å²) in [4.78, 5) is 15.6. The average molecular weight is 236 g/mol. The van der Waals surface area contributed by atoms with E-state index in [-0.39, 0.29) is 11.7 Å². The van der Waals surface area contributed by atoms with Crippen molar-refractivity contribution in [3.63, 3.8) is 0 Å². The lowest BCUT2D eigenvalue weighted by molar-refractivity contribution is 0.0944. The van der Waals surface area contributed by atoms with Crippen molar-refractivity contribution in [2.45, 2.75) is 25.8 Å². The first-order chi connectivity index (χ1) is 8.19. The van der Waals surface area contributed by atoms with E-state index < -0.39 is 6.04 Å². The number of rotatable bonds is 5. The summed E-state index contributed by atoms with van der Waals surface area (Å²) in [7, 11) is 0. The van der Waals surface area contributed by atoms with Gasteiger partial charge in [-0.25, -0.2) is 0 Å². The SMILES string of the molecule is CCCC(NC(=O)c1ccncc1)/C(N)=N/O. The van der Waals surface area contributed by atoms with Crippen LogP contribution in [0.3, 0.4) is 0 Å². The Labute approximate surface area is 99.5 Å². The molecule has 0 spiro atoms. The van der Waals surface area contributed by atoms with Gasteiger partial charge in [0.25, 0.3) is 5.91 Å². The highest BCUT2D eigenvalue weighted by Gasteiger charge is 2.16. The molecular formula is C11H16N4O2. The second-order valence-corrected chi connectivity index (χ2v) is 3.58. The summed E-state index contributed by atoms with van der Waals surface area (Å²) >= 11 is 0. The molecule has 0 aromatic carbocycles. The Kier molecular flexibility index (Phi) is 4.93. The van der Waals surface area contributed by atoms with Gasteiger partial charge in [0.05, 0.1) is 6.04 Å². The minimum atomic E-state index is -0.453. The Morgan fingerprint density at radius 2 is 2.24 bits per heavy atom. The fourth-order valence-corrected chi connectivity index (χ4v) is 1.40. The minimum absolute atomic E-state index is 0.00857. The number of nitrogens with one attached hydrogen (secondary N) is 1. The molecule has 1 amide bonds. The molecule has 0 aliphatic heterocycles. The number of amides is 1. The van der Waals surface area contributed by atoms with E-state index in [0.29, 0.717) is 12.0 Å². The molecule has 6 heteroatoms. The lowest BCUT2D eigenvalue weighted by Gasteiger charge is -2.16. The van der Waals surface area contributed by atoms with Crippen molar-refractivity contribution in [3.05, 3.63) is 30.1 Å². The van der Waals surface area contributed by atoms with Crippen LogP contribution >= 0.6 is 0 Å². The normalized spacial score (nSPS) is 13.1. The first-order valence-electron chi connectivity index (χ1n) is 5.37. The van der Waals surface area contributed by atoms with E-state index in [1.54, 1.807) is 12.1 Å². The Bertz CT molecular complexity index is 392. The van der Waals surface area contributed by atoms with Crippen molar-refractivity contribution in [3.8, 4) is 0 Å². The zero-order chi connectivity index (χ0) is 12.7. The molecule has 0 saturated heterocycles. The maximum absolute atomic E-state index is 11.8. The minimum Gasteiger partial charge on any atom is -0.409 e. The van der Waals surface area contributed by atoms with Gasteiger partial charge < -0.3 is 16.3 Å². The first-order valence-corrected chi connectivity index (χ1v) is 5.37. The summed E-state index contributed by atoms with van der Waals surface area (Å²) in [6.07, 6.45) is 4.50. The molecule has 6 nitrogen and oxygen atoms in total. The molecule has 17 heavy (non-hydrogen) atoms. The predicted octanol–water partition coefficient (Wildman–Crippen LogP) is 0.726. The Morgan fingerprint density at radius 3 is 2.76 bits per heavy atom. The molecule has 0 aliphatic carbocycles. The van der Waals surface area contributed by atoms with Crippen LogP contribution in [0.15, 0.2) is 29.7 Å². The summed E-state index contributed by atoms with van der Waals surface area (Å²) in [6, 6.07) is 2.75. The number of amidine groups is 1. The fourth-order valence-electron chi connectivity index (χ4n) is 1.40. The second-order valence-electron chi connectivity index (χ2n) is 3.58. The number of carbonyl (C=O) groups is 1. The van der Waals surface area contributed by atoms with Crippen molar-refractivity contribution in [2.24, 2.45) is 10.9 Å². The molecule has 1 unspecified atom stereocenters. The predicted molar refractivity (Wildman–Crippen MR) is 63.8 cm³/mol. The third-order valence-corrected chi connectivity index (χ3v) is 2.30. The zero-order valence-electron chi connectivity index (χ0n) is 9.63. The van der Waals surface area contributed by atoms with Crippen LogP contribution in [0.4, 0.5) is 0 Å². The summed E-state index contributed by atoms with van der Waals surface area (Å²) in [5.41, 5.74) is 6.00. The Balaban J connectivity index is 2.71.